The first kappa shape index (κ1) is 10.8. The molecule has 1 aromatic rings. The van der Waals surface area contributed by atoms with Gasteiger partial charge in [0.15, 0.2) is 0 Å². The second-order valence-electron chi connectivity index (χ2n) is 4.86. The summed E-state index contributed by atoms with van der Waals surface area (Å²) in [5.74, 6) is 1.27. The molecule has 88 valence electrons. The highest BCUT2D eigenvalue weighted by Crippen LogP contribution is 2.25. The summed E-state index contributed by atoms with van der Waals surface area (Å²) in [4.78, 5) is 7.22. The monoisotopic (exact) mass is 283 g/mol. The van der Waals surface area contributed by atoms with Crippen LogP contribution < -0.4 is 0 Å². The molecular formula is C12H18BrN3. The molecule has 4 heteroatoms. The third kappa shape index (κ3) is 1.93. The third-order valence-electron chi connectivity index (χ3n) is 3.71. The Hall–Kier alpha value is -0.350. The average molecular weight is 284 g/mol. The minimum Gasteiger partial charge on any atom is -0.330 e. The Bertz CT molecular complexity index is 380. The normalized spacial score (nSPS) is 21.3. The van der Waals surface area contributed by atoms with Crippen LogP contribution in [0.25, 0.3) is 0 Å². The van der Waals surface area contributed by atoms with Crippen LogP contribution in [0.5, 0.6) is 0 Å². The molecule has 0 spiro atoms. The van der Waals surface area contributed by atoms with Gasteiger partial charge in [-0.3, -0.25) is 4.90 Å². The average Bonchev–Trinajstić information content (AvgIpc) is 2.90. The van der Waals surface area contributed by atoms with Crippen molar-refractivity contribution in [1.82, 2.24) is 14.5 Å². The standard InChI is InChI=1S/C12H18BrN3/c13-12-10-5-1-2-8-16(10)11(14-12)9-15-6-3-4-7-15/h1-9H2. The summed E-state index contributed by atoms with van der Waals surface area (Å²) in [5, 5.41) is 0. The molecule has 0 radical (unpaired) electrons. The summed E-state index contributed by atoms with van der Waals surface area (Å²) in [6.45, 7) is 4.70. The largest absolute Gasteiger partial charge is 0.330 e. The molecule has 1 fully saturated rings. The lowest BCUT2D eigenvalue weighted by atomic mass is 10.1. The van der Waals surface area contributed by atoms with Gasteiger partial charge in [0.25, 0.3) is 0 Å². The van der Waals surface area contributed by atoms with Crippen molar-refractivity contribution in [2.75, 3.05) is 13.1 Å². The first-order chi connectivity index (χ1) is 7.84. The minimum absolute atomic E-state index is 1.04. The van der Waals surface area contributed by atoms with E-state index >= 15 is 0 Å². The van der Waals surface area contributed by atoms with Gasteiger partial charge in [-0.15, -0.1) is 0 Å². The molecule has 3 nitrogen and oxygen atoms in total. The minimum atomic E-state index is 1.04. The molecule has 0 atom stereocenters. The second-order valence-corrected chi connectivity index (χ2v) is 5.61. The molecule has 1 saturated heterocycles. The van der Waals surface area contributed by atoms with Crippen LogP contribution in [0, 0.1) is 0 Å². The van der Waals surface area contributed by atoms with Gasteiger partial charge in [-0.1, -0.05) is 0 Å². The molecule has 0 N–H and O–H groups in total. The van der Waals surface area contributed by atoms with Gasteiger partial charge in [0.1, 0.15) is 10.4 Å². The van der Waals surface area contributed by atoms with Gasteiger partial charge in [-0.05, 0) is 61.1 Å². The fraction of sp³-hybridized carbons (Fsp3) is 0.750. The van der Waals surface area contributed by atoms with Gasteiger partial charge in [-0.25, -0.2) is 4.98 Å². The highest BCUT2D eigenvalue weighted by Gasteiger charge is 2.21. The molecule has 3 heterocycles. The van der Waals surface area contributed by atoms with Gasteiger partial charge >= 0.3 is 0 Å². The van der Waals surface area contributed by atoms with Gasteiger partial charge in [-0.2, -0.15) is 0 Å². The van der Waals surface area contributed by atoms with Crippen molar-refractivity contribution in [3.63, 3.8) is 0 Å². The van der Waals surface area contributed by atoms with Crippen molar-refractivity contribution >= 4 is 15.9 Å². The van der Waals surface area contributed by atoms with Crippen molar-refractivity contribution in [2.45, 2.75) is 45.2 Å². The van der Waals surface area contributed by atoms with Crippen LogP contribution >= 0.6 is 15.9 Å². The summed E-state index contributed by atoms with van der Waals surface area (Å²) in [7, 11) is 0. The highest BCUT2D eigenvalue weighted by molar-refractivity contribution is 9.10. The molecule has 0 amide bonds. The van der Waals surface area contributed by atoms with Gasteiger partial charge in [0.2, 0.25) is 0 Å². The zero-order chi connectivity index (χ0) is 11.0. The number of halogens is 1. The van der Waals surface area contributed by atoms with E-state index in [1.807, 2.05) is 0 Å². The highest BCUT2D eigenvalue weighted by atomic mass is 79.9. The Kier molecular flexibility index (Phi) is 3.03. The van der Waals surface area contributed by atoms with Crippen LogP contribution in [-0.4, -0.2) is 27.5 Å². The summed E-state index contributed by atoms with van der Waals surface area (Å²) in [6, 6.07) is 0. The maximum Gasteiger partial charge on any atom is 0.127 e. The zero-order valence-corrected chi connectivity index (χ0v) is 11.2. The number of aromatic nitrogens is 2. The maximum atomic E-state index is 4.69. The Morgan fingerprint density at radius 2 is 1.81 bits per heavy atom. The van der Waals surface area contributed by atoms with E-state index in [0.29, 0.717) is 0 Å². The van der Waals surface area contributed by atoms with Crippen molar-refractivity contribution in [1.29, 1.82) is 0 Å². The van der Waals surface area contributed by atoms with Crippen LogP contribution in [-0.2, 0) is 19.5 Å². The van der Waals surface area contributed by atoms with Crippen molar-refractivity contribution < 1.29 is 0 Å². The molecule has 3 rings (SSSR count). The van der Waals surface area contributed by atoms with E-state index < -0.39 is 0 Å². The van der Waals surface area contributed by atoms with Crippen LogP contribution in [0.1, 0.15) is 37.2 Å². The van der Waals surface area contributed by atoms with E-state index in [4.69, 9.17) is 4.98 Å². The number of fused-ring (bicyclic) bond motifs is 1. The van der Waals surface area contributed by atoms with Crippen molar-refractivity contribution in [2.24, 2.45) is 0 Å². The summed E-state index contributed by atoms with van der Waals surface area (Å²) in [6.07, 6.45) is 6.52. The fourth-order valence-electron chi connectivity index (χ4n) is 2.83. The van der Waals surface area contributed by atoms with Crippen molar-refractivity contribution in [3.05, 3.63) is 16.1 Å². The fourth-order valence-corrected chi connectivity index (χ4v) is 3.45. The molecule has 1 aromatic heterocycles. The van der Waals surface area contributed by atoms with Gasteiger partial charge < -0.3 is 4.57 Å². The first-order valence-corrected chi connectivity index (χ1v) is 7.10. The lowest BCUT2D eigenvalue weighted by Gasteiger charge is -2.19. The third-order valence-corrected chi connectivity index (χ3v) is 4.35. The second kappa shape index (κ2) is 4.49. The smallest absolute Gasteiger partial charge is 0.127 e. The van der Waals surface area contributed by atoms with Crippen LogP contribution in [0.2, 0.25) is 0 Å². The molecule has 16 heavy (non-hydrogen) atoms. The van der Waals surface area contributed by atoms with Crippen LogP contribution in [0.15, 0.2) is 4.60 Å². The summed E-state index contributed by atoms with van der Waals surface area (Å²) in [5.41, 5.74) is 1.42. The maximum absolute atomic E-state index is 4.69. The van der Waals surface area contributed by atoms with Crippen LogP contribution in [0.4, 0.5) is 0 Å². The first-order valence-electron chi connectivity index (χ1n) is 6.31. The molecule has 0 aliphatic carbocycles. The predicted octanol–water partition coefficient (Wildman–Crippen LogP) is 2.58. The molecule has 2 aliphatic rings. The molecule has 2 aliphatic heterocycles. The van der Waals surface area contributed by atoms with Crippen molar-refractivity contribution in [3.8, 4) is 0 Å². The number of hydrogen-bond donors (Lipinski definition) is 0. The van der Waals surface area contributed by atoms with Crippen LogP contribution in [0.3, 0.4) is 0 Å². The lowest BCUT2D eigenvalue weighted by molar-refractivity contribution is 0.313. The van der Waals surface area contributed by atoms with Gasteiger partial charge in [0, 0.05) is 6.54 Å². The zero-order valence-electron chi connectivity index (χ0n) is 9.58. The molecular weight excluding hydrogens is 266 g/mol. The number of likely N-dealkylation sites (tertiary alicyclic amines) is 1. The quantitative estimate of drug-likeness (QED) is 0.832. The Balaban J connectivity index is 1.83. The van der Waals surface area contributed by atoms with E-state index in [2.05, 4.69) is 25.4 Å². The number of hydrogen-bond acceptors (Lipinski definition) is 2. The van der Waals surface area contributed by atoms with E-state index in [1.54, 1.807) is 0 Å². The molecule has 0 aromatic carbocycles. The van der Waals surface area contributed by atoms with E-state index in [0.717, 1.165) is 17.7 Å². The van der Waals surface area contributed by atoms with E-state index in [1.165, 1.54) is 56.7 Å². The Morgan fingerprint density at radius 3 is 2.62 bits per heavy atom. The predicted molar refractivity (Wildman–Crippen MR) is 67.4 cm³/mol. The SMILES string of the molecule is Brc1nc(CN2CCCC2)n2c1CCCC2. The topological polar surface area (TPSA) is 21.1 Å². The number of rotatable bonds is 2. The summed E-state index contributed by atoms with van der Waals surface area (Å²) >= 11 is 3.60. The van der Waals surface area contributed by atoms with E-state index in [-0.39, 0.29) is 0 Å². The van der Waals surface area contributed by atoms with Gasteiger partial charge in [0.05, 0.1) is 12.2 Å². The lowest BCUT2D eigenvalue weighted by Crippen LogP contribution is -2.22. The Morgan fingerprint density at radius 1 is 1.06 bits per heavy atom. The molecule has 0 saturated carbocycles. The number of imidazole rings is 1. The summed E-state index contributed by atoms with van der Waals surface area (Å²) < 4.78 is 3.52. The number of nitrogens with zero attached hydrogens (tertiary/aromatic N) is 3. The Labute approximate surface area is 105 Å². The molecule has 0 bridgehead atoms. The van der Waals surface area contributed by atoms with E-state index in [9.17, 15) is 0 Å². The molecule has 0 unspecified atom stereocenters.